The lowest BCUT2D eigenvalue weighted by molar-refractivity contribution is 0.669. The van der Waals surface area contributed by atoms with Crippen molar-refractivity contribution in [3.05, 3.63) is 188 Å². The Bertz CT molecular complexity index is 3250. The van der Waals surface area contributed by atoms with Crippen molar-refractivity contribution in [2.75, 3.05) is 0 Å². The van der Waals surface area contributed by atoms with Crippen LogP contribution in [0.25, 0.3) is 111 Å². The molecule has 0 fully saturated rings. The maximum Gasteiger partial charge on any atom is 0.164 e. The topological polar surface area (TPSA) is 51.8 Å². The van der Waals surface area contributed by atoms with Gasteiger partial charge in [0.05, 0.1) is 0 Å². The molecule has 4 nitrogen and oxygen atoms in total. The van der Waals surface area contributed by atoms with Crippen molar-refractivity contribution in [2.45, 2.75) is 0 Å². The average molecular weight is 702 g/mol. The molecule has 0 saturated heterocycles. The second-order valence-electron chi connectivity index (χ2n) is 14.0. The van der Waals surface area contributed by atoms with Crippen LogP contribution in [0.2, 0.25) is 0 Å². The van der Waals surface area contributed by atoms with E-state index in [1.54, 1.807) is 0 Å². The lowest BCUT2D eigenvalue weighted by atomic mass is 9.97. The van der Waals surface area contributed by atoms with E-state index in [2.05, 4.69) is 176 Å². The molecule has 11 rings (SSSR count). The summed E-state index contributed by atoms with van der Waals surface area (Å²) in [6.45, 7) is 0. The second-order valence-corrected chi connectivity index (χ2v) is 14.0. The first-order valence-corrected chi connectivity index (χ1v) is 18.5. The second kappa shape index (κ2) is 12.6. The molecular formula is C51H31N3O. The van der Waals surface area contributed by atoms with Crippen LogP contribution in [0.1, 0.15) is 0 Å². The number of benzene rings is 9. The third kappa shape index (κ3) is 5.34. The van der Waals surface area contributed by atoms with E-state index >= 15 is 0 Å². The number of furan rings is 1. The van der Waals surface area contributed by atoms with Gasteiger partial charge in [-0.1, -0.05) is 164 Å². The molecule has 55 heavy (non-hydrogen) atoms. The van der Waals surface area contributed by atoms with Gasteiger partial charge in [0.25, 0.3) is 0 Å². The van der Waals surface area contributed by atoms with E-state index in [1.807, 2.05) is 12.1 Å². The van der Waals surface area contributed by atoms with Gasteiger partial charge in [0.2, 0.25) is 0 Å². The summed E-state index contributed by atoms with van der Waals surface area (Å²) >= 11 is 0. The maximum atomic E-state index is 6.50. The number of rotatable bonds is 5. The number of hydrogen-bond donors (Lipinski definition) is 0. The minimum Gasteiger partial charge on any atom is -0.456 e. The Hall–Kier alpha value is -7.43. The fourth-order valence-electron chi connectivity index (χ4n) is 8.01. The van der Waals surface area contributed by atoms with Crippen LogP contribution in [-0.4, -0.2) is 15.0 Å². The van der Waals surface area contributed by atoms with Crippen LogP contribution in [0.4, 0.5) is 0 Å². The Balaban J connectivity index is 1.06. The van der Waals surface area contributed by atoms with Crippen molar-refractivity contribution < 1.29 is 4.42 Å². The lowest BCUT2D eigenvalue weighted by Gasteiger charge is -2.11. The van der Waals surface area contributed by atoms with Crippen LogP contribution in [-0.2, 0) is 0 Å². The molecule has 0 spiro atoms. The molecule has 0 atom stereocenters. The van der Waals surface area contributed by atoms with Gasteiger partial charge in [-0.2, -0.15) is 0 Å². The van der Waals surface area contributed by atoms with E-state index in [0.717, 1.165) is 60.7 Å². The third-order valence-electron chi connectivity index (χ3n) is 10.7. The molecule has 256 valence electrons. The van der Waals surface area contributed by atoms with Crippen molar-refractivity contribution in [3.63, 3.8) is 0 Å². The van der Waals surface area contributed by atoms with Gasteiger partial charge in [-0.05, 0) is 78.8 Å². The highest BCUT2D eigenvalue weighted by Gasteiger charge is 2.17. The van der Waals surface area contributed by atoms with Crippen molar-refractivity contribution in [2.24, 2.45) is 0 Å². The van der Waals surface area contributed by atoms with Gasteiger partial charge < -0.3 is 4.42 Å². The molecule has 9 aromatic carbocycles. The molecule has 2 aromatic heterocycles. The predicted octanol–water partition coefficient (Wildman–Crippen LogP) is 13.6. The summed E-state index contributed by atoms with van der Waals surface area (Å²) in [6.07, 6.45) is 0. The molecule has 0 aliphatic carbocycles. The zero-order valence-corrected chi connectivity index (χ0v) is 29.6. The minimum atomic E-state index is 0.586. The summed E-state index contributed by atoms with van der Waals surface area (Å²) in [5.41, 5.74) is 8.97. The van der Waals surface area contributed by atoms with Crippen LogP contribution in [0, 0.1) is 0 Å². The van der Waals surface area contributed by atoms with Gasteiger partial charge in [0.15, 0.2) is 17.5 Å². The number of nitrogens with zero attached hydrogens (tertiary/aromatic N) is 3. The molecule has 0 N–H and O–H groups in total. The lowest BCUT2D eigenvalue weighted by Crippen LogP contribution is -2.00. The van der Waals surface area contributed by atoms with E-state index in [-0.39, 0.29) is 0 Å². The first-order chi connectivity index (χ1) is 27.2. The molecule has 0 bridgehead atoms. The SMILES string of the molecule is c1ccc(-c2cccc3oc4cc(-c5nc(-c6ccc(-c7cccc8ccccc78)cc6)nc(-c6ccc7c(ccc8ccccc87)c6)n5)ccc4c23)cc1. The highest BCUT2D eigenvalue weighted by Crippen LogP contribution is 2.39. The smallest absolute Gasteiger partial charge is 0.164 e. The third-order valence-corrected chi connectivity index (χ3v) is 10.7. The molecule has 0 amide bonds. The van der Waals surface area contributed by atoms with Crippen molar-refractivity contribution in [1.29, 1.82) is 0 Å². The summed E-state index contributed by atoms with van der Waals surface area (Å²) in [7, 11) is 0. The zero-order chi connectivity index (χ0) is 36.3. The van der Waals surface area contributed by atoms with Crippen molar-refractivity contribution in [1.82, 2.24) is 15.0 Å². The largest absolute Gasteiger partial charge is 0.456 e. The molecule has 4 heteroatoms. The van der Waals surface area contributed by atoms with E-state index in [9.17, 15) is 0 Å². The number of hydrogen-bond acceptors (Lipinski definition) is 4. The normalized spacial score (nSPS) is 11.6. The molecule has 0 saturated carbocycles. The Kier molecular flexibility index (Phi) is 7.14. The first-order valence-electron chi connectivity index (χ1n) is 18.5. The summed E-state index contributed by atoms with van der Waals surface area (Å²) in [4.78, 5) is 15.4. The molecule has 11 aromatic rings. The minimum absolute atomic E-state index is 0.586. The van der Waals surface area contributed by atoms with Gasteiger partial charge >= 0.3 is 0 Å². The van der Waals surface area contributed by atoms with Gasteiger partial charge in [0, 0.05) is 27.5 Å². The molecule has 2 heterocycles. The van der Waals surface area contributed by atoms with Crippen LogP contribution in [0.3, 0.4) is 0 Å². The van der Waals surface area contributed by atoms with Gasteiger partial charge in [-0.25, -0.2) is 15.0 Å². The summed E-state index contributed by atoms with van der Waals surface area (Å²) < 4.78 is 6.50. The van der Waals surface area contributed by atoms with Gasteiger partial charge in [0.1, 0.15) is 11.2 Å². The Morgan fingerprint density at radius 2 is 0.818 bits per heavy atom. The van der Waals surface area contributed by atoms with Gasteiger partial charge in [-0.15, -0.1) is 0 Å². The predicted molar refractivity (Wildman–Crippen MR) is 227 cm³/mol. The van der Waals surface area contributed by atoms with E-state index in [1.165, 1.54) is 32.5 Å². The van der Waals surface area contributed by atoms with Crippen LogP contribution in [0.15, 0.2) is 192 Å². The van der Waals surface area contributed by atoms with E-state index in [4.69, 9.17) is 19.4 Å². The average Bonchev–Trinajstić information content (AvgIpc) is 3.64. The standard InChI is InChI=1S/C51H31N3O/c1-2-10-33(11-3-1)44-18-9-19-46-48(44)45-29-27-39(31-47(45)55-46)51-53-49(36-23-20-35(21-24-36)42-17-8-14-32-12-4-6-15-40(32)42)52-50(54-51)38-26-28-43-37(30-38)25-22-34-13-5-7-16-41(34)43/h1-31H. The quantitative estimate of drug-likeness (QED) is 0.168. The van der Waals surface area contributed by atoms with Crippen molar-refractivity contribution >= 4 is 54.3 Å². The van der Waals surface area contributed by atoms with E-state index in [0.29, 0.717) is 17.5 Å². The Labute approximate surface area is 317 Å². The molecule has 0 unspecified atom stereocenters. The highest BCUT2D eigenvalue weighted by molar-refractivity contribution is 6.13. The zero-order valence-electron chi connectivity index (χ0n) is 29.6. The van der Waals surface area contributed by atoms with Crippen molar-refractivity contribution in [3.8, 4) is 56.4 Å². The van der Waals surface area contributed by atoms with Crippen LogP contribution in [0.5, 0.6) is 0 Å². The van der Waals surface area contributed by atoms with Crippen LogP contribution < -0.4 is 0 Å². The monoisotopic (exact) mass is 701 g/mol. The molecule has 0 radical (unpaired) electrons. The highest BCUT2D eigenvalue weighted by atomic mass is 16.3. The maximum absolute atomic E-state index is 6.50. The summed E-state index contributed by atoms with van der Waals surface area (Å²) in [5.74, 6) is 1.81. The Morgan fingerprint density at radius 1 is 0.291 bits per heavy atom. The molecular weight excluding hydrogens is 671 g/mol. The first kappa shape index (κ1) is 31.1. The fraction of sp³-hybridized carbons (Fsp3) is 0. The summed E-state index contributed by atoms with van der Waals surface area (Å²) in [6, 6.07) is 65.8. The van der Waals surface area contributed by atoms with E-state index < -0.39 is 0 Å². The Morgan fingerprint density at radius 3 is 1.62 bits per heavy atom. The number of aromatic nitrogens is 3. The molecule has 0 aliphatic rings. The van der Waals surface area contributed by atoms with Crippen LogP contribution >= 0.6 is 0 Å². The molecule has 0 aliphatic heterocycles. The number of fused-ring (bicyclic) bond motifs is 7. The summed E-state index contributed by atoms with van der Waals surface area (Å²) in [5, 5.41) is 9.38. The van der Waals surface area contributed by atoms with Gasteiger partial charge in [-0.3, -0.25) is 0 Å². The fourth-order valence-corrected chi connectivity index (χ4v) is 8.01.